The van der Waals surface area contributed by atoms with Gasteiger partial charge in [0.1, 0.15) is 11.5 Å². The molecule has 0 saturated heterocycles. The van der Waals surface area contributed by atoms with E-state index in [1.807, 2.05) is 68.7 Å². The second-order valence-corrected chi connectivity index (χ2v) is 5.97. The van der Waals surface area contributed by atoms with Crippen molar-refractivity contribution in [2.45, 2.75) is 12.5 Å². The first kappa shape index (κ1) is 18.8. The minimum atomic E-state index is -0.0225. The zero-order chi connectivity index (χ0) is 18.1. The average Bonchev–Trinajstić information content (AvgIpc) is 2.62. The fraction of sp³-hybridized carbons (Fsp3) is 0.350. The highest BCUT2D eigenvalue weighted by atomic mass is 16.5. The summed E-state index contributed by atoms with van der Waals surface area (Å²) >= 11 is 0. The average molecular weight is 342 g/mol. The molecule has 2 aromatic carbocycles. The predicted molar refractivity (Wildman–Crippen MR) is 99.0 cm³/mol. The molecule has 0 spiro atoms. The number of likely N-dealkylation sites (N-methyl/N-ethyl adjacent to an activating group) is 1. The van der Waals surface area contributed by atoms with Crippen molar-refractivity contribution in [1.29, 1.82) is 0 Å². The van der Waals surface area contributed by atoms with E-state index in [2.05, 4.69) is 10.2 Å². The Morgan fingerprint density at radius 3 is 2.48 bits per heavy atom. The van der Waals surface area contributed by atoms with Crippen LogP contribution in [0, 0.1) is 0 Å². The second-order valence-electron chi connectivity index (χ2n) is 5.97. The van der Waals surface area contributed by atoms with Gasteiger partial charge in [-0.3, -0.25) is 4.79 Å². The molecular weight excluding hydrogens is 316 g/mol. The lowest BCUT2D eigenvalue weighted by Crippen LogP contribution is -2.35. The van der Waals surface area contributed by atoms with E-state index in [-0.39, 0.29) is 11.9 Å². The van der Waals surface area contributed by atoms with Gasteiger partial charge in [0.2, 0.25) is 5.91 Å². The van der Waals surface area contributed by atoms with Crippen molar-refractivity contribution in [3.8, 4) is 11.5 Å². The summed E-state index contributed by atoms with van der Waals surface area (Å²) in [6.07, 6.45) is 0.327. The summed E-state index contributed by atoms with van der Waals surface area (Å²) in [5, 5.41) is 2.98. The molecule has 134 valence electrons. The molecule has 1 amide bonds. The second kappa shape index (κ2) is 9.69. The Morgan fingerprint density at radius 1 is 1.08 bits per heavy atom. The maximum atomic E-state index is 12.1. The Hall–Kier alpha value is -2.53. The highest BCUT2D eigenvalue weighted by molar-refractivity contribution is 5.76. The molecule has 2 aromatic rings. The van der Waals surface area contributed by atoms with Crippen molar-refractivity contribution in [3.63, 3.8) is 0 Å². The zero-order valence-corrected chi connectivity index (χ0v) is 15.1. The van der Waals surface area contributed by atoms with Crippen LogP contribution in [0.5, 0.6) is 11.5 Å². The van der Waals surface area contributed by atoms with Crippen LogP contribution in [0.15, 0.2) is 54.6 Å². The zero-order valence-electron chi connectivity index (χ0n) is 15.1. The maximum absolute atomic E-state index is 12.1. The molecule has 0 aliphatic rings. The number of rotatable bonds is 9. The Kier molecular flexibility index (Phi) is 7.29. The Labute approximate surface area is 149 Å². The van der Waals surface area contributed by atoms with Crippen LogP contribution in [-0.4, -0.2) is 45.2 Å². The third-order valence-electron chi connectivity index (χ3n) is 3.94. The third kappa shape index (κ3) is 6.12. The molecule has 0 aliphatic heterocycles. The number of methoxy groups -OCH3 is 1. The lowest BCUT2D eigenvalue weighted by atomic mass is 10.1. The number of para-hydroxylation sites is 1. The van der Waals surface area contributed by atoms with Gasteiger partial charge < -0.3 is 19.7 Å². The number of carbonyl (C=O) groups excluding carboxylic acids is 1. The third-order valence-corrected chi connectivity index (χ3v) is 3.94. The summed E-state index contributed by atoms with van der Waals surface area (Å²) in [5.74, 6) is 1.57. The van der Waals surface area contributed by atoms with Crippen molar-refractivity contribution in [2.24, 2.45) is 0 Å². The Morgan fingerprint density at radius 2 is 1.80 bits per heavy atom. The van der Waals surface area contributed by atoms with E-state index >= 15 is 0 Å². The number of benzene rings is 2. The number of nitrogens with one attached hydrogen (secondary N) is 1. The summed E-state index contributed by atoms with van der Waals surface area (Å²) in [4.78, 5) is 14.2. The fourth-order valence-electron chi connectivity index (χ4n) is 2.52. The van der Waals surface area contributed by atoms with Gasteiger partial charge in [0.05, 0.1) is 26.2 Å². The van der Waals surface area contributed by atoms with Crippen LogP contribution in [-0.2, 0) is 4.79 Å². The van der Waals surface area contributed by atoms with Crippen molar-refractivity contribution in [2.75, 3.05) is 34.4 Å². The first-order valence-electron chi connectivity index (χ1n) is 8.35. The van der Waals surface area contributed by atoms with Gasteiger partial charge in [0, 0.05) is 6.54 Å². The van der Waals surface area contributed by atoms with Crippen molar-refractivity contribution in [3.05, 3.63) is 60.2 Å². The molecule has 1 unspecified atom stereocenters. The molecule has 2 rings (SSSR count). The molecule has 0 aromatic heterocycles. The van der Waals surface area contributed by atoms with Gasteiger partial charge in [0.15, 0.2) is 0 Å². The number of amides is 1. The van der Waals surface area contributed by atoms with Gasteiger partial charge in [-0.05, 0) is 43.9 Å². The molecular formula is C20H26N2O3. The van der Waals surface area contributed by atoms with Crippen LogP contribution in [0.4, 0.5) is 0 Å². The Balaban J connectivity index is 1.82. The van der Waals surface area contributed by atoms with E-state index in [9.17, 15) is 4.79 Å². The summed E-state index contributed by atoms with van der Waals surface area (Å²) in [7, 11) is 5.64. The van der Waals surface area contributed by atoms with Gasteiger partial charge in [-0.1, -0.05) is 30.3 Å². The molecule has 0 aliphatic carbocycles. The van der Waals surface area contributed by atoms with E-state index in [0.717, 1.165) is 17.1 Å². The van der Waals surface area contributed by atoms with E-state index in [0.29, 0.717) is 19.6 Å². The molecule has 0 saturated carbocycles. The smallest absolute Gasteiger partial charge is 0.223 e. The van der Waals surface area contributed by atoms with Crippen molar-refractivity contribution in [1.82, 2.24) is 10.2 Å². The maximum Gasteiger partial charge on any atom is 0.223 e. The van der Waals surface area contributed by atoms with Gasteiger partial charge in [-0.2, -0.15) is 0 Å². The molecule has 0 radical (unpaired) electrons. The lowest BCUT2D eigenvalue weighted by Gasteiger charge is -2.25. The number of carbonyl (C=O) groups is 1. The molecule has 0 bridgehead atoms. The molecule has 0 fully saturated rings. The monoisotopic (exact) mass is 342 g/mol. The standard InChI is InChI=1S/C20H26N2O3/c1-22(2)19(16-8-7-11-18(14-16)24-3)15-21-20(23)12-13-25-17-9-5-4-6-10-17/h4-11,14,19H,12-13,15H2,1-3H3,(H,21,23). The molecule has 0 heterocycles. The minimum absolute atomic E-state index is 0.0225. The van der Waals surface area contributed by atoms with E-state index < -0.39 is 0 Å². The summed E-state index contributed by atoms with van der Waals surface area (Å²) in [5.41, 5.74) is 1.10. The quantitative estimate of drug-likeness (QED) is 0.761. The number of hydrogen-bond acceptors (Lipinski definition) is 4. The Bertz CT molecular complexity index is 659. The number of nitrogens with zero attached hydrogens (tertiary/aromatic N) is 1. The summed E-state index contributed by atoms with van der Waals surface area (Å²) in [6, 6.07) is 17.5. The predicted octanol–water partition coefficient (Wildman–Crippen LogP) is 2.88. The lowest BCUT2D eigenvalue weighted by molar-refractivity contribution is -0.121. The summed E-state index contributed by atoms with van der Waals surface area (Å²) < 4.78 is 10.8. The minimum Gasteiger partial charge on any atom is -0.497 e. The van der Waals surface area contributed by atoms with Crippen molar-refractivity contribution < 1.29 is 14.3 Å². The van der Waals surface area contributed by atoms with Crippen LogP contribution >= 0.6 is 0 Å². The van der Waals surface area contributed by atoms with E-state index in [1.54, 1.807) is 7.11 Å². The highest BCUT2D eigenvalue weighted by Crippen LogP contribution is 2.22. The number of ether oxygens (including phenoxy) is 2. The van der Waals surface area contributed by atoms with E-state index in [4.69, 9.17) is 9.47 Å². The highest BCUT2D eigenvalue weighted by Gasteiger charge is 2.16. The van der Waals surface area contributed by atoms with Gasteiger partial charge in [-0.15, -0.1) is 0 Å². The van der Waals surface area contributed by atoms with Crippen molar-refractivity contribution >= 4 is 5.91 Å². The first-order chi connectivity index (χ1) is 12.1. The molecule has 25 heavy (non-hydrogen) atoms. The summed E-state index contributed by atoms with van der Waals surface area (Å²) in [6.45, 7) is 0.895. The van der Waals surface area contributed by atoms with Crippen LogP contribution in [0.3, 0.4) is 0 Å². The largest absolute Gasteiger partial charge is 0.497 e. The fourth-order valence-corrected chi connectivity index (χ4v) is 2.52. The van der Waals surface area contributed by atoms with Gasteiger partial charge in [-0.25, -0.2) is 0 Å². The van der Waals surface area contributed by atoms with Crippen LogP contribution in [0.25, 0.3) is 0 Å². The van der Waals surface area contributed by atoms with Crippen LogP contribution in [0.2, 0.25) is 0 Å². The molecule has 5 nitrogen and oxygen atoms in total. The first-order valence-corrected chi connectivity index (χ1v) is 8.35. The molecule has 1 atom stereocenters. The SMILES string of the molecule is COc1cccc(C(CNC(=O)CCOc2ccccc2)N(C)C)c1. The topological polar surface area (TPSA) is 50.8 Å². The van der Waals surface area contributed by atoms with Crippen LogP contribution in [0.1, 0.15) is 18.0 Å². The normalized spacial score (nSPS) is 11.8. The molecule has 1 N–H and O–H groups in total. The van der Waals surface area contributed by atoms with Gasteiger partial charge >= 0.3 is 0 Å². The van der Waals surface area contributed by atoms with Crippen LogP contribution < -0.4 is 14.8 Å². The van der Waals surface area contributed by atoms with E-state index in [1.165, 1.54) is 0 Å². The molecule has 5 heteroatoms. The van der Waals surface area contributed by atoms with Gasteiger partial charge in [0.25, 0.3) is 0 Å². The number of hydrogen-bond donors (Lipinski definition) is 1.